The van der Waals surface area contributed by atoms with Crippen LogP contribution < -0.4 is 0 Å². The molecule has 2 atom stereocenters. The molecule has 0 radical (unpaired) electrons. The minimum atomic E-state index is -0.875. The smallest absolute Gasteiger partial charge is 0.311 e. The van der Waals surface area contributed by atoms with Crippen molar-refractivity contribution < 1.29 is 19.4 Å². The molecule has 1 N–H and O–H groups in total. The monoisotopic (exact) mass is 323 g/mol. The van der Waals surface area contributed by atoms with Crippen molar-refractivity contribution >= 4 is 23.5 Å². The largest absolute Gasteiger partial charge is 0.481 e. The maximum absolute atomic E-state index is 12.8. The van der Waals surface area contributed by atoms with Crippen LogP contribution in [0, 0.1) is 18.3 Å². The molecule has 118 valence electrons. The molecule has 0 spiro atoms. The van der Waals surface area contributed by atoms with Gasteiger partial charge in [0.05, 0.1) is 12.0 Å². The topological polar surface area (TPSA) is 66.8 Å². The summed E-state index contributed by atoms with van der Waals surface area (Å²) < 4.78 is 5.41. The number of likely N-dealkylation sites (tertiary alicyclic amines) is 1. The number of carboxylic acid groups (broad SMARTS) is 1. The summed E-state index contributed by atoms with van der Waals surface area (Å²) in [5.41, 5.74) is 0.498. The predicted molar refractivity (Wildman–Crippen MR) is 81.1 cm³/mol. The van der Waals surface area contributed by atoms with Crippen LogP contribution in [0.25, 0.3) is 0 Å². The zero-order chi connectivity index (χ0) is 15.9. The minimum absolute atomic E-state index is 0.151. The lowest BCUT2D eigenvalue weighted by atomic mass is 9.74. The number of hydrogen-bond donors (Lipinski definition) is 1. The number of halogens is 1. The molecule has 2 fully saturated rings. The van der Waals surface area contributed by atoms with E-state index in [0.717, 1.165) is 5.56 Å². The number of hydrogen-bond acceptors (Lipinski definition) is 3. The molecule has 2 heterocycles. The summed E-state index contributed by atoms with van der Waals surface area (Å²) in [7, 11) is 0. The van der Waals surface area contributed by atoms with Crippen molar-refractivity contribution in [2.75, 3.05) is 26.3 Å². The average molecular weight is 324 g/mol. The van der Waals surface area contributed by atoms with Gasteiger partial charge in [-0.1, -0.05) is 17.7 Å². The second kappa shape index (κ2) is 5.56. The zero-order valence-corrected chi connectivity index (χ0v) is 13.1. The number of aliphatic carboxylic acids is 1. The molecule has 1 aromatic rings. The molecule has 0 bridgehead atoms. The van der Waals surface area contributed by atoms with Gasteiger partial charge in [0.2, 0.25) is 0 Å². The molecule has 6 heteroatoms. The fourth-order valence-corrected chi connectivity index (χ4v) is 3.62. The first kappa shape index (κ1) is 15.3. The SMILES string of the molecule is Cc1ccc(Cl)cc1C(=O)N1C[C@H]2COCC[C@@]2(C(=O)O)C1. The highest BCUT2D eigenvalue weighted by atomic mass is 35.5. The van der Waals surface area contributed by atoms with Crippen molar-refractivity contribution in [3.8, 4) is 0 Å². The Morgan fingerprint density at radius 2 is 2.23 bits per heavy atom. The van der Waals surface area contributed by atoms with E-state index in [1.807, 2.05) is 6.92 Å². The average Bonchev–Trinajstić information content (AvgIpc) is 2.90. The van der Waals surface area contributed by atoms with Crippen molar-refractivity contribution in [2.45, 2.75) is 13.3 Å². The number of benzene rings is 1. The number of fused-ring (bicyclic) bond motifs is 1. The Kier molecular flexibility index (Phi) is 3.87. The summed E-state index contributed by atoms with van der Waals surface area (Å²) >= 11 is 5.98. The van der Waals surface area contributed by atoms with Crippen LogP contribution in [0.3, 0.4) is 0 Å². The highest BCUT2D eigenvalue weighted by molar-refractivity contribution is 6.31. The summed E-state index contributed by atoms with van der Waals surface area (Å²) in [6.45, 7) is 3.33. The van der Waals surface area contributed by atoms with Crippen molar-refractivity contribution in [3.05, 3.63) is 34.3 Å². The third kappa shape index (κ3) is 2.38. The molecule has 0 saturated carbocycles. The Bertz CT molecular complexity index is 633. The van der Waals surface area contributed by atoms with Crippen molar-refractivity contribution in [1.29, 1.82) is 0 Å². The molecule has 3 rings (SSSR count). The molecule has 2 saturated heterocycles. The number of nitrogens with zero attached hydrogens (tertiary/aromatic N) is 1. The number of aryl methyl sites for hydroxylation is 1. The molecule has 0 aromatic heterocycles. The van der Waals surface area contributed by atoms with E-state index >= 15 is 0 Å². The maximum atomic E-state index is 12.8. The molecule has 2 aliphatic heterocycles. The molecule has 0 unspecified atom stereocenters. The highest BCUT2D eigenvalue weighted by Crippen LogP contribution is 2.43. The molecule has 1 aromatic carbocycles. The normalized spacial score (nSPS) is 27.5. The van der Waals surface area contributed by atoms with Crippen LogP contribution in [0.5, 0.6) is 0 Å². The van der Waals surface area contributed by atoms with E-state index in [1.54, 1.807) is 23.1 Å². The van der Waals surface area contributed by atoms with Crippen molar-refractivity contribution in [2.24, 2.45) is 11.3 Å². The summed E-state index contributed by atoms with van der Waals surface area (Å²) in [5, 5.41) is 10.2. The Morgan fingerprint density at radius 1 is 1.45 bits per heavy atom. The molecule has 2 aliphatic rings. The zero-order valence-electron chi connectivity index (χ0n) is 12.3. The van der Waals surface area contributed by atoms with Gasteiger partial charge in [0.15, 0.2) is 0 Å². The van der Waals surface area contributed by atoms with Gasteiger partial charge < -0.3 is 14.7 Å². The second-order valence-corrected chi connectivity index (χ2v) is 6.56. The van der Waals surface area contributed by atoms with Gasteiger partial charge in [0.1, 0.15) is 0 Å². The maximum Gasteiger partial charge on any atom is 0.311 e. The van der Waals surface area contributed by atoms with Gasteiger partial charge in [-0.3, -0.25) is 9.59 Å². The summed E-state index contributed by atoms with van der Waals surface area (Å²) in [5.74, 6) is -1.14. The summed E-state index contributed by atoms with van der Waals surface area (Å²) in [6.07, 6.45) is 0.450. The Hall–Kier alpha value is -1.59. The molecular weight excluding hydrogens is 306 g/mol. The number of rotatable bonds is 2. The first-order chi connectivity index (χ1) is 10.4. The van der Waals surface area contributed by atoms with E-state index < -0.39 is 11.4 Å². The van der Waals surface area contributed by atoms with E-state index in [4.69, 9.17) is 16.3 Å². The molecule has 1 amide bonds. The van der Waals surface area contributed by atoms with Crippen LogP contribution >= 0.6 is 11.6 Å². The van der Waals surface area contributed by atoms with Crippen LogP contribution in [-0.2, 0) is 9.53 Å². The van der Waals surface area contributed by atoms with Gasteiger partial charge >= 0.3 is 5.97 Å². The number of carbonyl (C=O) groups is 2. The lowest BCUT2D eigenvalue weighted by Gasteiger charge is -2.33. The highest BCUT2D eigenvalue weighted by Gasteiger charge is 2.55. The van der Waals surface area contributed by atoms with Gasteiger partial charge in [0, 0.05) is 36.2 Å². The predicted octanol–water partition coefficient (Wildman–Crippen LogP) is 2.21. The van der Waals surface area contributed by atoms with E-state index in [0.29, 0.717) is 36.8 Å². The Labute approximate surface area is 133 Å². The summed E-state index contributed by atoms with van der Waals surface area (Å²) in [4.78, 5) is 26.2. The minimum Gasteiger partial charge on any atom is -0.481 e. The van der Waals surface area contributed by atoms with E-state index in [-0.39, 0.29) is 18.4 Å². The Morgan fingerprint density at radius 3 is 2.91 bits per heavy atom. The molecule has 0 aliphatic carbocycles. The fourth-order valence-electron chi connectivity index (χ4n) is 3.45. The van der Waals surface area contributed by atoms with Crippen LogP contribution in [0.1, 0.15) is 22.3 Å². The number of amides is 1. The second-order valence-electron chi connectivity index (χ2n) is 6.13. The summed E-state index contributed by atoms with van der Waals surface area (Å²) in [6, 6.07) is 5.18. The molecular formula is C16H18ClNO4. The molecule has 5 nitrogen and oxygen atoms in total. The fraction of sp³-hybridized carbons (Fsp3) is 0.500. The van der Waals surface area contributed by atoms with Crippen LogP contribution in [0.4, 0.5) is 0 Å². The van der Waals surface area contributed by atoms with Gasteiger partial charge in [-0.2, -0.15) is 0 Å². The van der Waals surface area contributed by atoms with Gasteiger partial charge in [-0.05, 0) is 31.0 Å². The van der Waals surface area contributed by atoms with E-state index in [1.165, 1.54) is 0 Å². The quantitative estimate of drug-likeness (QED) is 0.906. The number of ether oxygens (including phenoxy) is 1. The van der Waals surface area contributed by atoms with Gasteiger partial charge in [0.25, 0.3) is 5.91 Å². The lowest BCUT2D eigenvalue weighted by Crippen LogP contribution is -2.45. The van der Waals surface area contributed by atoms with Gasteiger partial charge in [-0.25, -0.2) is 0 Å². The Balaban J connectivity index is 1.89. The third-order valence-electron chi connectivity index (χ3n) is 4.85. The van der Waals surface area contributed by atoms with Crippen molar-refractivity contribution in [3.63, 3.8) is 0 Å². The first-order valence-electron chi connectivity index (χ1n) is 7.30. The molecule has 22 heavy (non-hydrogen) atoms. The van der Waals surface area contributed by atoms with E-state index in [2.05, 4.69) is 0 Å². The van der Waals surface area contributed by atoms with Crippen LogP contribution in [-0.4, -0.2) is 48.2 Å². The van der Waals surface area contributed by atoms with Crippen LogP contribution in [0.2, 0.25) is 5.02 Å². The standard InChI is InChI=1S/C16H18ClNO4/c1-10-2-3-12(17)6-13(10)14(19)18-7-11-8-22-5-4-16(11,9-18)15(20)21/h2-3,6,11H,4-5,7-9H2,1H3,(H,20,21)/t11-,16+/m0/s1. The van der Waals surface area contributed by atoms with E-state index in [9.17, 15) is 14.7 Å². The first-order valence-corrected chi connectivity index (χ1v) is 7.68. The van der Waals surface area contributed by atoms with Gasteiger partial charge in [-0.15, -0.1) is 0 Å². The van der Waals surface area contributed by atoms with Crippen molar-refractivity contribution in [1.82, 2.24) is 4.90 Å². The lowest BCUT2D eigenvalue weighted by molar-refractivity contribution is -0.157. The number of carbonyl (C=O) groups excluding carboxylic acids is 1. The third-order valence-corrected chi connectivity index (χ3v) is 5.09. The van der Waals surface area contributed by atoms with Crippen LogP contribution in [0.15, 0.2) is 18.2 Å². The number of carboxylic acids is 1.